The summed E-state index contributed by atoms with van der Waals surface area (Å²) in [6, 6.07) is 7.90. The van der Waals surface area contributed by atoms with Gasteiger partial charge in [-0.2, -0.15) is 0 Å². The molecule has 0 spiro atoms. The topological polar surface area (TPSA) is 27.6 Å². The average molecular weight is 272 g/mol. The summed E-state index contributed by atoms with van der Waals surface area (Å²) >= 11 is 7.62. The molecular formula is C12H18ClN3S. The number of thioether (sulfide) groups is 1. The van der Waals surface area contributed by atoms with Crippen molar-refractivity contribution < 1.29 is 0 Å². The molecule has 1 aromatic carbocycles. The van der Waals surface area contributed by atoms with E-state index < -0.39 is 0 Å². The Labute approximate surface area is 112 Å². The van der Waals surface area contributed by atoms with Crippen molar-refractivity contribution in [2.75, 3.05) is 33.4 Å². The highest BCUT2D eigenvalue weighted by molar-refractivity contribution is 7.99. The van der Waals surface area contributed by atoms with Crippen molar-refractivity contribution >= 4 is 29.3 Å². The summed E-state index contributed by atoms with van der Waals surface area (Å²) < 4.78 is 0. The highest BCUT2D eigenvalue weighted by atomic mass is 35.5. The maximum absolute atomic E-state index is 5.83. The second-order valence-electron chi connectivity index (χ2n) is 3.67. The molecule has 0 aliphatic heterocycles. The number of nitrogens with zero attached hydrogens (tertiary/aromatic N) is 2. The van der Waals surface area contributed by atoms with Gasteiger partial charge in [-0.1, -0.05) is 11.6 Å². The van der Waals surface area contributed by atoms with Crippen molar-refractivity contribution in [3.05, 3.63) is 29.3 Å². The molecule has 0 unspecified atom stereocenters. The molecular weight excluding hydrogens is 254 g/mol. The van der Waals surface area contributed by atoms with Gasteiger partial charge in [0, 0.05) is 43.4 Å². The Bertz CT molecular complexity index is 363. The minimum Gasteiger partial charge on any atom is -0.355 e. The first-order valence-corrected chi connectivity index (χ1v) is 6.76. The third-order valence-corrected chi connectivity index (χ3v) is 3.37. The van der Waals surface area contributed by atoms with Gasteiger partial charge >= 0.3 is 0 Å². The van der Waals surface area contributed by atoms with Crippen molar-refractivity contribution in [3.63, 3.8) is 0 Å². The second kappa shape index (κ2) is 7.45. The summed E-state index contributed by atoms with van der Waals surface area (Å²) in [7, 11) is 5.73. The number of hydrogen-bond acceptors (Lipinski definition) is 2. The SMILES string of the molecule is CN=C(NCCSc1ccc(Cl)cc1)N(C)C. The molecule has 0 saturated heterocycles. The van der Waals surface area contributed by atoms with Gasteiger partial charge in [0.15, 0.2) is 5.96 Å². The number of halogens is 1. The van der Waals surface area contributed by atoms with E-state index in [0.717, 1.165) is 23.3 Å². The van der Waals surface area contributed by atoms with Crippen LogP contribution in [0, 0.1) is 0 Å². The lowest BCUT2D eigenvalue weighted by molar-refractivity contribution is 0.588. The highest BCUT2D eigenvalue weighted by Crippen LogP contribution is 2.19. The van der Waals surface area contributed by atoms with E-state index in [1.165, 1.54) is 4.90 Å². The lowest BCUT2D eigenvalue weighted by atomic mass is 10.4. The Kier molecular flexibility index (Phi) is 6.22. The van der Waals surface area contributed by atoms with Gasteiger partial charge in [0.05, 0.1) is 0 Å². The predicted molar refractivity (Wildman–Crippen MR) is 77.2 cm³/mol. The average Bonchev–Trinajstić information content (AvgIpc) is 2.31. The monoisotopic (exact) mass is 271 g/mol. The third-order valence-electron chi connectivity index (χ3n) is 2.10. The molecule has 0 bridgehead atoms. The maximum atomic E-state index is 5.83. The number of hydrogen-bond donors (Lipinski definition) is 1. The largest absolute Gasteiger partial charge is 0.355 e. The van der Waals surface area contributed by atoms with Crippen molar-refractivity contribution in [2.24, 2.45) is 4.99 Å². The van der Waals surface area contributed by atoms with Crippen molar-refractivity contribution in [1.82, 2.24) is 10.2 Å². The van der Waals surface area contributed by atoms with E-state index >= 15 is 0 Å². The minimum absolute atomic E-state index is 0.778. The molecule has 0 saturated carbocycles. The molecule has 94 valence electrons. The fourth-order valence-electron chi connectivity index (χ4n) is 1.30. The Hall–Kier alpha value is -0.870. The van der Waals surface area contributed by atoms with E-state index in [2.05, 4.69) is 10.3 Å². The van der Waals surface area contributed by atoms with Crippen LogP contribution in [0.2, 0.25) is 5.02 Å². The number of nitrogens with one attached hydrogen (secondary N) is 1. The molecule has 1 rings (SSSR count). The molecule has 0 aliphatic carbocycles. The van der Waals surface area contributed by atoms with Gasteiger partial charge < -0.3 is 10.2 Å². The predicted octanol–water partition coefficient (Wildman–Crippen LogP) is 2.57. The first-order valence-electron chi connectivity index (χ1n) is 5.40. The fraction of sp³-hybridized carbons (Fsp3) is 0.417. The molecule has 0 atom stereocenters. The molecule has 0 aromatic heterocycles. The summed E-state index contributed by atoms with van der Waals surface area (Å²) in [6.07, 6.45) is 0. The Morgan fingerprint density at radius 3 is 2.53 bits per heavy atom. The van der Waals surface area contributed by atoms with Crippen molar-refractivity contribution in [1.29, 1.82) is 0 Å². The van der Waals surface area contributed by atoms with E-state index in [9.17, 15) is 0 Å². The first-order chi connectivity index (χ1) is 8.13. The molecule has 1 N–H and O–H groups in total. The van der Waals surface area contributed by atoms with Crippen LogP contribution in [0.5, 0.6) is 0 Å². The summed E-state index contributed by atoms with van der Waals surface area (Å²) in [5.74, 6) is 1.90. The standard InChI is InChI=1S/C12H18ClN3S/c1-14-12(16(2)3)15-8-9-17-11-6-4-10(13)5-7-11/h4-7H,8-9H2,1-3H3,(H,14,15). The summed E-state index contributed by atoms with van der Waals surface area (Å²) in [5.41, 5.74) is 0. The Balaban J connectivity index is 2.27. The minimum atomic E-state index is 0.778. The zero-order valence-electron chi connectivity index (χ0n) is 10.4. The third kappa shape index (κ3) is 5.33. The van der Waals surface area contributed by atoms with E-state index in [0.29, 0.717) is 0 Å². The van der Waals surface area contributed by atoms with Gasteiger partial charge in [-0.25, -0.2) is 0 Å². The zero-order valence-corrected chi connectivity index (χ0v) is 12.0. The van der Waals surface area contributed by atoms with Gasteiger partial charge in [-0.05, 0) is 24.3 Å². The molecule has 0 aliphatic rings. The van der Waals surface area contributed by atoms with Crippen LogP contribution in [0.3, 0.4) is 0 Å². The second-order valence-corrected chi connectivity index (χ2v) is 5.28. The number of rotatable bonds is 4. The van der Waals surface area contributed by atoms with Crippen LogP contribution < -0.4 is 5.32 Å². The van der Waals surface area contributed by atoms with E-state index in [4.69, 9.17) is 11.6 Å². The molecule has 17 heavy (non-hydrogen) atoms. The zero-order chi connectivity index (χ0) is 12.7. The van der Waals surface area contributed by atoms with E-state index in [1.807, 2.05) is 43.3 Å². The van der Waals surface area contributed by atoms with Crippen molar-refractivity contribution in [2.45, 2.75) is 4.90 Å². The highest BCUT2D eigenvalue weighted by Gasteiger charge is 1.99. The van der Waals surface area contributed by atoms with Crippen LogP contribution in [0.1, 0.15) is 0 Å². The Morgan fingerprint density at radius 2 is 2.00 bits per heavy atom. The molecule has 3 nitrogen and oxygen atoms in total. The fourth-order valence-corrected chi connectivity index (χ4v) is 2.19. The molecule has 0 heterocycles. The smallest absolute Gasteiger partial charge is 0.193 e. The summed E-state index contributed by atoms with van der Waals surface area (Å²) in [4.78, 5) is 7.35. The number of guanidine groups is 1. The van der Waals surface area contributed by atoms with Crippen LogP contribution in [-0.2, 0) is 0 Å². The molecule has 0 fully saturated rings. The number of benzene rings is 1. The van der Waals surface area contributed by atoms with Gasteiger partial charge in [-0.3, -0.25) is 4.99 Å². The van der Waals surface area contributed by atoms with Gasteiger partial charge in [0.2, 0.25) is 0 Å². The number of aliphatic imine (C=N–C) groups is 1. The van der Waals surface area contributed by atoms with E-state index in [1.54, 1.807) is 18.8 Å². The maximum Gasteiger partial charge on any atom is 0.193 e. The van der Waals surface area contributed by atoms with Crippen LogP contribution in [0.15, 0.2) is 34.2 Å². The van der Waals surface area contributed by atoms with Gasteiger partial charge in [0.1, 0.15) is 0 Å². The van der Waals surface area contributed by atoms with Crippen LogP contribution >= 0.6 is 23.4 Å². The molecule has 1 aromatic rings. The Morgan fingerprint density at radius 1 is 1.35 bits per heavy atom. The van der Waals surface area contributed by atoms with Gasteiger partial charge in [0.25, 0.3) is 0 Å². The van der Waals surface area contributed by atoms with Crippen LogP contribution in [0.25, 0.3) is 0 Å². The molecule has 5 heteroatoms. The first kappa shape index (κ1) is 14.2. The van der Waals surface area contributed by atoms with Crippen LogP contribution in [0.4, 0.5) is 0 Å². The summed E-state index contributed by atoms with van der Waals surface area (Å²) in [5, 5.41) is 4.06. The lowest BCUT2D eigenvalue weighted by Gasteiger charge is -2.16. The lowest BCUT2D eigenvalue weighted by Crippen LogP contribution is -2.37. The summed E-state index contributed by atoms with van der Waals surface area (Å²) in [6.45, 7) is 0.887. The molecule has 0 radical (unpaired) electrons. The molecule has 0 amide bonds. The van der Waals surface area contributed by atoms with Crippen LogP contribution in [-0.4, -0.2) is 44.3 Å². The quantitative estimate of drug-likeness (QED) is 0.395. The van der Waals surface area contributed by atoms with Crippen molar-refractivity contribution in [3.8, 4) is 0 Å². The van der Waals surface area contributed by atoms with Gasteiger partial charge in [-0.15, -0.1) is 11.8 Å². The van der Waals surface area contributed by atoms with E-state index in [-0.39, 0.29) is 0 Å². The normalized spacial score (nSPS) is 11.4.